The number of rotatable bonds is 4. The van der Waals surface area contributed by atoms with Crippen LogP contribution in [0.2, 0.25) is 0 Å². The van der Waals surface area contributed by atoms with Crippen molar-refractivity contribution in [1.29, 1.82) is 0 Å². The quantitative estimate of drug-likeness (QED) is 0.689. The number of hydrogen-bond donors (Lipinski definition) is 3. The summed E-state index contributed by atoms with van der Waals surface area (Å²) in [5.74, 6) is 0.167. The van der Waals surface area contributed by atoms with Crippen LogP contribution in [0.15, 0.2) is 0 Å². The zero-order valence-electron chi connectivity index (χ0n) is 11.2. The summed E-state index contributed by atoms with van der Waals surface area (Å²) in [6.07, 6.45) is 3.23. The van der Waals surface area contributed by atoms with Crippen LogP contribution in [0.3, 0.4) is 0 Å². The highest BCUT2D eigenvalue weighted by atomic mass is 16.3. The minimum absolute atomic E-state index is 0.0248. The molecule has 0 radical (unpaired) electrons. The maximum atomic E-state index is 12.1. The van der Waals surface area contributed by atoms with Gasteiger partial charge in [0.15, 0.2) is 0 Å². The molecule has 0 saturated heterocycles. The van der Waals surface area contributed by atoms with Gasteiger partial charge in [-0.3, -0.25) is 4.79 Å². The molecule has 1 fully saturated rings. The summed E-state index contributed by atoms with van der Waals surface area (Å²) in [5.41, 5.74) is 5.79. The van der Waals surface area contributed by atoms with Crippen molar-refractivity contribution in [3.63, 3.8) is 0 Å². The van der Waals surface area contributed by atoms with Crippen molar-refractivity contribution in [2.45, 2.75) is 58.5 Å². The standard InChI is InChI=1S/C13H26N2O2/c1-13(2,3)11(6-7-16)15-12(17)9-4-5-10(14)8-9/h9-11,16H,4-8,14H2,1-3H3,(H,15,17). The van der Waals surface area contributed by atoms with Crippen molar-refractivity contribution in [3.8, 4) is 0 Å². The molecule has 0 spiro atoms. The molecule has 1 saturated carbocycles. The lowest BCUT2D eigenvalue weighted by atomic mass is 9.84. The number of amides is 1. The fourth-order valence-corrected chi connectivity index (χ4v) is 2.39. The van der Waals surface area contributed by atoms with Crippen LogP contribution < -0.4 is 11.1 Å². The van der Waals surface area contributed by atoms with E-state index in [9.17, 15) is 4.79 Å². The van der Waals surface area contributed by atoms with E-state index in [0.29, 0.717) is 6.42 Å². The lowest BCUT2D eigenvalue weighted by Crippen LogP contribution is -2.46. The van der Waals surface area contributed by atoms with Crippen LogP contribution in [-0.2, 0) is 4.79 Å². The van der Waals surface area contributed by atoms with E-state index in [1.54, 1.807) is 0 Å². The molecule has 0 heterocycles. The summed E-state index contributed by atoms with van der Waals surface area (Å²) in [5, 5.41) is 12.1. The number of carbonyl (C=O) groups excluding carboxylic acids is 1. The molecule has 4 nitrogen and oxygen atoms in total. The molecule has 3 unspecified atom stereocenters. The van der Waals surface area contributed by atoms with Crippen LogP contribution in [0, 0.1) is 11.3 Å². The van der Waals surface area contributed by atoms with Crippen molar-refractivity contribution >= 4 is 5.91 Å². The van der Waals surface area contributed by atoms with Gasteiger partial charge in [-0.1, -0.05) is 20.8 Å². The topological polar surface area (TPSA) is 75.3 Å². The molecule has 0 aromatic heterocycles. The maximum Gasteiger partial charge on any atom is 0.223 e. The summed E-state index contributed by atoms with van der Waals surface area (Å²) in [6, 6.07) is 0.202. The molecule has 0 aliphatic heterocycles. The summed E-state index contributed by atoms with van der Waals surface area (Å²) >= 11 is 0. The maximum absolute atomic E-state index is 12.1. The summed E-state index contributed by atoms with van der Waals surface area (Å²) in [6.45, 7) is 6.34. The van der Waals surface area contributed by atoms with E-state index < -0.39 is 0 Å². The van der Waals surface area contributed by atoms with E-state index in [1.165, 1.54) is 0 Å². The average molecular weight is 242 g/mol. The van der Waals surface area contributed by atoms with E-state index in [2.05, 4.69) is 26.1 Å². The fraction of sp³-hybridized carbons (Fsp3) is 0.923. The largest absolute Gasteiger partial charge is 0.396 e. The van der Waals surface area contributed by atoms with Gasteiger partial charge in [0.05, 0.1) is 0 Å². The average Bonchev–Trinajstić information content (AvgIpc) is 2.62. The molecule has 1 amide bonds. The van der Waals surface area contributed by atoms with Gasteiger partial charge in [0, 0.05) is 24.6 Å². The number of aliphatic hydroxyl groups is 1. The van der Waals surface area contributed by atoms with E-state index in [0.717, 1.165) is 19.3 Å². The Morgan fingerprint density at radius 1 is 1.47 bits per heavy atom. The third-order valence-electron chi connectivity index (χ3n) is 3.62. The minimum atomic E-state index is -0.0287. The molecule has 4 heteroatoms. The van der Waals surface area contributed by atoms with E-state index >= 15 is 0 Å². The number of carbonyl (C=O) groups is 1. The molecule has 0 bridgehead atoms. The smallest absolute Gasteiger partial charge is 0.223 e. The molecular formula is C13H26N2O2. The Bertz CT molecular complexity index is 261. The highest BCUT2D eigenvalue weighted by molar-refractivity contribution is 5.79. The number of aliphatic hydroxyl groups excluding tert-OH is 1. The Balaban J connectivity index is 2.52. The van der Waals surface area contributed by atoms with Crippen molar-refractivity contribution in [3.05, 3.63) is 0 Å². The van der Waals surface area contributed by atoms with Crippen molar-refractivity contribution < 1.29 is 9.90 Å². The zero-order chi connectivity index (χ0) is 13.1. The molecule has 1 aliphatic rings. The Kier molecular flexibility index (Phi) is 4.95. The summed E-state index contributed by atoms with van der Waals surface area (Å²) in [4.78, 5) is 12.1. The Morgan fingerprint density at radius 2 is 2.12 bits per heavy atom. The Labute approximate surface area is 104 Å². The van der Waals surface area contributed by atoms with Gasteiger partial charge in [-0.2, -0.15) is 0 Å². The molecule has 1 aliphatic carbocycles. The molecule has 4 N–H and O–H groups in total. The first kappa shape index (κ1) is 14.5. The zero-order valence-corrected chi connectivity index (χ0v) is 11.2. The highest BCUT2D eigenvalue weighted by Gasteiger charge is 2.32. The van der Waals surface area contributed by atoms with Crippen LogP contribution in [0.5, 0.6) is 0 Å². The first-order valence-electron chi connectivity index (χ1n) is 6.51. The normalized spacial score (nSPS) is 26.9. The Hall–Kier alpha value is -0.610. The summed E-state index contributed by atoms with van der Waals surface area (Å²) in [7, 11) is 0. The highest BCUT2D eigenvalue weighted by Crippen LogP contribution is 2.26. The molecule has 3 atom stereocenters. The first-order valence-corrected chi connectivity index (χ1v) is 6.51. The van der Waals surface area contributed by atoms with Gasteiger partial charge >= 0.3 is 0 Å². The second-order valence-electron chi connectivity index (χ2n) is 6.21. The number of nitrogens with one attached hydrogen (secondary N) is 1. The fourth-order valence-electron chi connectivity index (χ4n) is 2.39. The third kappa shape index (κ3) is 4.28. The Morgan fingerprint density at radius 3 is 2.53 bits per heavy atom. The molecule has 1 rings (SSSR count). The first-order chi connectivity index (χ1) is 7.84. The van der Waals surface area contributed by atoms with Crippen molar-refractivity contribution in [1.82, 2.24) is 5.32 Å². The lowest BCUT2D eigenvalue weighted by Gasteiger charge is -2.32. The van der Waals surface area contributed by atoms with Gasteiger partial charge in [-0.05, 0) is 31.1 Å². The molecular weight excluding hydrogens is 216 g/mol. The predicted molar refractivity (Wildman–Crippen MR) is 68.4 cm³/mol. The van der Waals surface area contributed by atoms with Gasteiger partial charge in [0.2, 0.25) is 5.91 Å². The van der Waals surface area contributed by atoms with Crippen LogP contribution in [0.4, 0.5) is 0 Å². The van der Waals surface area contributed by atoms with Crippen LogP contribution in [0.1, 0.15) is 46.5 Å². The lowest BCUT2D eigenvalue weighted by molar-refractivity contribution is -0.126. The molecule has 0 aromatic rings. The van der Waals surface area contributed by atoms with Gasteiger partial charge in [-0.15, -0.1) is 0 Å². The molecule has 0 aromatic carbocycles. The second kappa shape index (κ2) is 5.83. The van der Waals surface area contributed by atoms with Crippen LogP contribution >= 0.6 is 0 Å². The summed E-state index contributed by atoms with van der Waals surface area (Å²) < 4.78 is 0. The van der Waals surface area contributed by atoms with Gasteiger partial charge in [0.25, 0.3) is 0 Å². The monoisotopic (exact) mass is 242 g/mol. The van der Waals surface area contributed by atoms with E-state index in [4.69, 9.17) is 10.8 Å². The van der Waals surface area contributed by atoms with Crippen LogP contribution in [0.25, 0.3) is 0 Å². The molecule has 100 valence electrons. The number of hydrogen-bond acceptors (Lipinski definition) is 3. The van der Waals surface area contributed by atoms with E-state index in [-0.39, 0.29) is 35.9 Å². The van der Waals surface area contributed by atoms with Crippen molar-refractivity contribution in [2.75, 3.05) is 6.61 Å². The SMILES string of the molecule is CC(C)(C)C(CCO)NC(=O)C1CCC(N)C1. The number of nitrogens with two attached hydrogens (primary N) is 1. The van der Waals surface area contributed by atoms with Gasteiger partial charge in [-0.25, -0.2) is 0 Å². The van der Waals surface area contributed by atoms with Crippen molar-refractivity contribution in [2.24, 2.45) is 17.1 Å². The third-order valence-corrected chi connectivity index (χ3v) is 3.62. The van der Waals surface area contributed by atoms with E-state index in [1.807, 2.05) is 0 Å². The second-order valence-corrected chi connectivity index (χ2v) is 6.21. The predicted octanol–water partition coefficient (Wildman–Crippen LogP) is 1.03. The van der Waals surface area contributed by atoms with Crippen LogP contribution in [-0.4, -0.2) is 29.7 Å². The minimum Gasteiger partial charge on any atom is -0.396 e. The molecule has 17 heavy (non-hydrogen) atoms. The van der Waals surface area contributed by atoms with Gasteiger partial charge in [0.1, 0.15) is 0 Å². The van der Waals surface area contributed by atoms with Gasteiger partial charge < -0.3 is 16.2 Å².